The van der Waals surface area contributed by atoms with Crippen molar-refractivity contribution in [2.45, 2.75) is 64.7 Å². The third-order valence-electron chi connectivity index (χ3n) is 16.0. The Morgan fingerprint density at radius 1 is 0.365 bits per heavy atom. The normalized spacial score (nSPS) is 13.6. The molecule has 0 unspecified atom stereocenters. The molecule has 2 aliphatic rings. The summed E-state index contributed by atoms with van der Waals surface area (Å²) in [6, 6.07) is 86.7. The first-order valence-corrected chi connectivity index (χ1v) is 26.2. The van der Waals surface area contributed by atoms with E-state index in [1.54, 1.807) is 0 Å². The molecule has 3 heteroatoms. The molecular weight excluding hydrogens is 895 g/mol. The van der Waals surface area contributed by atoms with Crippen molar-refractivity contribution >= 4 is 50.2 Å². The van der Waals surface area contributed by atoms with E-state index in [2.05, 4.69) is 306 Å². The number of benzene rings is 10. The summed E-state index contributed by atoms with van der Waals surface area (Å²) in [6.45, 7) is 16.1. The van der Waals surface area contributed by atoms with Gasteiger partial charge in [0.2, 0.25) is 0 Å². The van der Waals surface area contributed by atoms with E-state index in [1.165, 1.54) is 83.1 Å². The quantitative estimate of drug-likeness (QED) is 0.158. The van der Waals surface area contributed by atoms with Crippen LogP contribution in [0.4, 0.5) is 28.4 Å². The zero-order chi connectivity index (χ0) is 50.9. The van der Waals surface area contributed by atoms with E-state index in [0.717, 1.165) is 34.0 Å². The monoisotopic (exact) mass is 958 g/mol. The number of fused-ring (bicyclic) bond motifs is 9. The molecule has 1 heterocycles. The fraction of sp³-hybridized carbons (Fsp3) is 0.155. The second-order valence-corrected chi connectivity index (χ2v) is 22.3. The summed E-state index contributed by atoms with van der Waals surface area (Å²) in [5, 5.41) is 2.48. The van der Waals surface area contributed by atoms with Gasteiger partial charge in [-0.2, -0.15) is 0 Å². The van der Waals surface area contributed by atoms with Crippen LogP contribution in [0.1, 0.15) is 76.3 Å². The topological polar surface area (TPSA) is 11.4 Å². The van der Waals surface area contributed by atoms with Crippen molar-refractivity contribution in [3.8, 4) is 39.1 Å². The molecule has 0 radical (unpaired) electrons. The molecule has 10 aromatic carbocycles. The van der Waals surface area contributed by atoms with Gasteiger partial charge in [-0.05, 0) is 146 Å². The van der Waals surface area contributed by atoms with Crippen molar-refractivity contribution in [3.63, 3.8) is 0 Å². The third kappa shape index (κ3) is 7.81. The highest BCUT2D eigenvalue weighted by Crippen LogP contribution is 2.52. The SMILES string of the molecule is CC1(C)c2ccccc2-c2ccccc21.CN(c1ccccc1)c1ccc(N(c2ccccc2)c2ccc3c(c2)C(C)(C)c2ccccc2-3)cc1-c1ccc2c(c1)c1ccccc1n2-c1ccc(C(C)(C)C)cc1. The lowest BCUT2D eigenvalue weighted by atomic mass is 9.82. The summed E-state index contributed by atoms with van der Waals surface area (Å²) >= 11 is 0. The summed E-state index contributed by atoms with van der Waals surface area (Å²) in [5.74, 6) is 0. The van der Waals surface area contributed by atoms with E-state index < -0.39 is 0 Å². The average molecular weight is 958 g/mol. The third-order valence-corrected chi connectivity index (χ3v) is 16.0. The maximum absolute atomic E-state index is 2.42. The van der Waals surface area contributed by atoms with Crippen LogP contribution in [0.25, 0.3) is 60.9 Å². The lowest BCUT2D eigenvalue weighted by molar-refractivity contribution is 0.590. The highest BCUT2D eigenvalue weighted by molar-refractivity contribution is 6.11. The molecule has 0 amide bonds. The summed E-state index contributed by atoms with van der Waals surface area (Å²) in [6.07, 6.45) is 0. The van der Waals surface area contributed by atoms with Crippen LogP contribution in [0.15, 0.2) is 237 Å². The van der Waals surface area contributed by atoms with Gasteiger partial charge in [0.05, 0.1) is 11.0 Å². The van der Waals surface area contributed by atoms with Crippen LogP contribution in [-0.2, 0) is 16.2 Å². The van der Waals surface area contributed by atoms with Gasteiger partial charge in [0.25, 0.3) is 0 Å². The molecule has 0 saturated heterocycles. The maximum atomic E-state index is 2.42. The minimum absolute atomic E-state index is 0.0898. The van der Waals surface area contributed by atoms with E-state index in [1.807, 2.05) is 0 Å². The van der Waals surface area contributed by atoms with Crippen LogP contribution < -0.4 is 9.80 Å². The molecule has 0 fully saturated rings. The molecule has 13 rings (SSSR count). The summed E-state index contributed by atoms with van der Waals surface area (Å²) < 4.78 is 2.42. The second-order valence-electron chi connectivity index (χ2n) is 22.3. The van der Waals surface area contributed by atoms with Crippen molar-refractivity contribution in [2.75, 3.05) is 16.8 Å². The van der Waals surface area contributed by atoms with Crippen LogP contribution >= 0.6 is 0 Å². The zero-order valence-corrected chi connectivity index (χ0v) is 43.9. The Morgan fingerprint density at radius 3 is 1.46 bits per heavy atom. The van der Waals surface area contributed by atoms with Gasteiger partial charge in [-0.1, -0.05) is 200 Å². The molecule has 3 nitrogen and oxygen atoms in total. The minimum Gasteiger partial charge on any atom is -0.344 e. The molecule has 11 aromatic rings. The number of aromatic nitrogens is 1. The molecule has 362 valence electrons. The fourth-order valence-corrected chi connectivity index (χ4v) is 12.0. The number of hydrogen-bond donors (Lipinski definition) is 0. The molecule has 0 aliphatic heterocycles. The summed E-state index contributed by atoms with van der Waals surface area (Å²) in [5.41, 5.74) is 24.1. The first kappa shape index (κ1) is 46.7. The molecular formula is C71H63N3. The van der Waals surface area contributed by atoms with Gasteiger partial charge in [0.1, 0.15) is 0 Å². The Balaban J connectivity index is 0.000000315. The number of para-hydroxylation sites is 3. The summed E-state index contributed by atoms with van der Waals surface area (Å²) in [4.78, 5) is 4.73. The smallest absolute Gasteiger partial charge is 0.0541 e. The predicted molar refractivity (Wildman–Crippen MR) is 316 cm³/mol. The molecule has 0 saturated carbocycles. The molecule has 1 aromatic heterocycles. The van der Waals surface area contributed by atoms with E-state index in [4.69, 9.17) is 0 Å². The van der Waals surface area contributed by atoms with E-state index in [-0.39, 0.29) is 16.2 Å². The molecule has 2 aliphatic carbocycles. The lowest BCUT2D eigenvalue weighted by Crippen LogP contribution is -2.17. The predicted octanol–water partition coefficient (Wildman–Crippen LogP) is 19.3. The number of rotatable bonds is 7. The van der Waals surface area contributed by atoms with E-state index >= 15 is 0 Å². The Kier molecular flexibility index (Phi) is 11.3. The van der Waals surface area contributed by atoms with Gasteiger partial charge < -0.3 is 14.4 Å². The van der Waals surface area contributed by atoms with Gasteiger partial charge in [0, 0.05) is 68.3 Å². The average Bonchev–Trinajstić information content (AvgIpc) is 3.98. The van der Waals surface area contributed by atoms with Crippen molar-refractivity contribution in [1.29, 1.82) is 0 Å². The van der Waals surface area contributed by atoms with Crippen LogP contribution in [-0.4, -0.2) is 11.6 Å². The number of hydrogen-bond acceptors (Lipinski definition) is 2. The maximum Gasteiger partial charge on any atom is 0.0541 e. The zero-order valence-electron chi connectivity index (χ0n) is 43.9. The lowest BCUT2D eigenvalue weighted by Gasteiger charge is -2.30. The highest BCUT2D eigenvalue weighted by Gasteiger charge is 2.36. The minimum atomic E-state index is -0.110. The Morgan fingerprint density at radius 2 is 0.851 bits per heavy atom. The molecule has 0 atom stereocenters. The molecule has 74 heavy (non-hydrogen) atoms. The Bertz CT molecular complexity index is 3840. The van der Waals surface area contributed by atoms with Crippen LogP contribution in [0.2, 0.25) is 0 Å². The number of nitrogens with zero attached hydrogens (tertiary/aromatic N) is 3. The van der Waals surface area contributed by atoms with Crippen molar-refractivity contribution in [3.05, 3.63) is 264 Å². The van der Waals surface area contributed by atoms with Crippen LogP contribution in [0.3, 0.4) is 0 Å². The second kappa shape index (κ2) is 18.0. The summed E-state index contributed by atoms with van der Waals surface area (Å²) in [7, 11) is 2.18. The highest BCUT2D eigenvalue weighted by atomic mass is 15.1. The van der Waals surface area contributed by atoms with Crippen molar-refractivity contribution in [2.24, 2.45) is 0 Å². The van der Waals surface area contributed by atoms with Gasteiger partial charge in [0.15, 0.2) is 0 Å². The van der Waals surface area contributed by atoms with E-state index in [0.29, 0.717) is 0 Å². The molecule has 0 bridgehead atoms. The Labute approximate surface area is 437 Å². The van der Waals surface area contributed by atoms with Crippen LogP contribution in [0.5, 0.6) is 0 Å². The largest absolute Gasteiger partial charge is 0.344 e. The first-order valence-electron chi connectivity index (χ1n) is 26.2. The molecule has 0 spiro atoms. The van der Waals surface area contributed by atoms with Gasteiger partial charge >= 0.3 is 0 Å². The molecule has 0 N–H and O–H groups in total. The van der Waals surface area contributed by atoms with Crippen molar-refractivity contribution < 1.29 is 0 Å². The van der Waals surface area contributed by atoms with Crippen LogP contribution in [0, 0.1) is 0 Å². The van der Waals surface area contributed by atoms with Gasteiger partial charge in [-0.25, -0.2) is 0 Å². The van der Waals surface area contributed by atoms with Crippen molar-refractivity contribution in [1.82, 2.24) is 4.57 Å². The number of anilines is 5. The van der Waals surface area contributed by atoms with Gasteiger partial charge in [-0.15, -0.1) is 0 Å². The first-order chi connectivity index (χ1) is 35.8. The van der Waals surface area contributed by atoms with E-state index in [9.17, 15) is 0 Å². The standard InChI is InChI=1S/C56H49N3.C15H14/c1-55(2,3)39-26-28-42(29-27-39)59-53-24-16-14-22-47(53)49-35-38(25-33-54(49)59)48-36-43(31-34-52(48)57(6)40-17-9-7-10-18-40)58(41-19-11-8-12-20-41)44-30-32-46-45-21-13-15-23-50(45)56(4,5)51(46)37-44;1-15(2)13-9-5-3-7-11(13)12-8-4-6-10-14(12)15/h7-37H,1-6H3;3-10H,1-2H3. The van der Waals surface area contributed by atoms with Gasteiger partial charge in [-0.3, -0.25) is 0 Å². The fourth-order valence-electron chi connectivity index (χ4n) is 12.0. The Hall–Kier alpha value is -8.40.